The van der Waals surface area contributed by atoms with Gasteiger partial charge in [0.15, 0.2) is 0 Å². The quantitative estimate of drug-likeness (QED) is 0.540. The number of nitrogens with one attached hydrogen (secondary N) is 1. The third-order valence-corrected chi connectivity index (χ3v) is 6.91. The van der Waals surface area contributed by atoms with E-state index in [1.54, 1.807) is 61.5 Å². The Hall–Kier alpha value is -2.84. The summed E-state index contributed by atoms with van der Waals surface area (Å²) in [4.78, 5) is 4.59. The Morgan fingerprint density at radius 3 is 2.13 bits per heavy atom. The molecule has 1 N–H and O–H groups in total. The van der Waals surface area contributed by atoms with Gasteiger partial charge in [0.25, 0.3) is 0 Å². The second-order valence-electron chi connectivity index (χ2n) is 7.47. The van der Waals surface area contributed by atoms with Gasteiger partial charge in [-0.25, -0.2) is 13.4 Å². The maximum atomic E-state index is 13.3. The first-order chi connectivity index (χ1) is 14.8. The summed E-state index contributed by atoms with van der Waals surface area (Å²) >= 11 is 0. The summed E-state index contributed by atoms with van der Waals surface area (Å²) in [6.45, 7) is 4.23. The van der Waals surface area contributed by atoms with E-state index in [0.29, 0.717) is 28.8 Å². The minimum Gasteiger partial charge on any atom is -0.497 e. The van der Waals surface area contributed by atoms with Crippen LogP contribution in [0.2, 0.25) is 0 Å². The smallest absolute Gasteiger partial charge is 0.241 e. The third kappa shape index (κ3) is 5.08. The highest BCUT2D eigenvalue weighted by atomic mass is 32.2. The van der Waals surface area contributed by atoms with Crippen molar-refractivity contribution in [3.05, 3.63) is 71.8 Å². The molecule has 0 unspecified atom stereocenters. The number of hydrogen-bond acceptors (Lipinski definition) is 5. The molecule has 3 rings (SSSR count). The summed E-state index contributed by atoms with van der Waals surface area (Å²) in [5.74, 6) is 2.04. The zero-order valence-electron chi connectivity index (χ0n) is 18.5. The second-order valence-corrected chi connectivity index (χ2v) is 9.19. The van der Waals surface area contributed by atoms with Crippen molar-refractivity contribution in [2.45, 2.75) is 37.1 Å². The highest BCUT2D eigenvalue weighted by molar-refractivity contribution is 7.89. The van der Waals surface area contributed by atoms with Crippen molar-refractivity contribution in [1.29, 1.82) is 0 Å². The van der Waals surface area contributed by atoms with Crippen LogP contribution in [0.4, 0.5) is 0 Å². The average Bonchev–Trinajstić information content (AvgIpc) is 3.22. The maximum Gasteiger partial charge on any atom is 0.241 e. The SMILES string of the molecule is CC[C@H](C)c1ccc(S(=O)(=O)N[C@H](c2cc(OC)cc(OC)c2)c2nccn2C)cc1. The summed E-state index contributed by atoms with van der Waals surface area (Å²) in [6, 6.07) is 11.6. The Balaban J connectivity index is 2.03. The van der Waals surface area contributed by atoms with Gasteiger partial charge >= 0.3 is 0 Å². The fraction of sp³-hybridized carbons (Fsp3) is 0.348. The fourth-order valence-electron chi connectivity index (χ4n) is 3.36. The van der Waals surface area contributed by atoms with Crippen LogP contribution in [0.5, 0.6) is 11.5 Å². The number of benzene rings is 2. The third-order valence-electron chi connectivity index (χ3n) is 5.47. The van der Waals surface area contributed by atoms with Crippen LogP contribution < -0.4 is 14.2 Å². The molecule has 8 heteroatoms. The molecule has 0 saturated heterocycles. The molecule has 0 radical (unpaired) electrons. The minimum atomic E-state index is -3.82. The number of aromatic nitrogens is 2. The molecule has 1 heterocycles. The summed E-state index contributed by atoms with van der Waals surface area (Å²) in [5, 5.41) is 0. The summed E-state index contributed by atoms with van der Waals surface area (Å²) in [7, 11) is 1.10. The van der Waals surface area contributed by atoms with Crippen molar-refractivity contribution in [3.8, 4) is 11.5 Å². The molecule has 0 fully saturated rings. The van der Waals surface area contributed by atoms with Gasteiger partial charge in [-0.3, -0.25) is 0 Å². The normalized spacial score (nSPS) is 13.6. The van der Waals surface area contributed by atoms with E-state index in [-0.39, 0.29) is 4.90 Å². The minimum absolute atomic E-state index is 0.202. The molecule has 0 aliphatic rings. The molecule has 7 nitrogen and oxygen atoms in total. The number of nitrogens with zero attached hydrogens (tertiary/aromatic N) is 2. The molecule has 0 bridgehead atoms. The van der Waals surface area contributed by atoms with Crippen LogP contribution in [0.1, 0.15) is 49.2 Å². The van der Waals surface area contributed by atoms with E-state index in [0.717, 1.165) is 12.0 Å². The van der Waals surface area contributed by atoms with E-state index in [4.69, 9.17) is 9.47 Å². The molecule has 3 aromatic rings. The molecule has 0 saturated carbocycles. The Labute approximate surface area is 184 Å². The lowest BCUT2D eigenvalue weighted by Gasteiger charge is -2.21. The van der Waals surface area contributed by atoms with Gasteiger partial charge in [-0.1, -0.05) is 26.0 Å². The fourth-order valence-corrected chi connectivity index (χ4v) is 4.54. The average molecular weight is 444 g/mol. The van der Waals surface area contributed by atoms with Gasteiger partial charge in [-0.05, 0) is 47.7 Å². The molecule has 166 valence electrons. The van der Waals surface area contributed by atoms with Gasteiger partial charge in [0.1, 0.15) is 23.4 Å². The van der Waals surface area contributed by atoms with Crippen molar-refractivity contribution < 1.29 is 17.9 Å². The van der Waals surface area contributed by atoms with E-state index in [2.05, 4.69) is 23.6 Å². The highest BCUT2D eigenvalue weighted by Gasteiger charge is 2.27. The van der Waals surface area contributed by atoms with E-state index >= 15 is 0 Å². The molecule has 2 atom stereocenters. The van der Waals surface area contributed by atoms with Crippen LogP contribution in [0.25, 0.3) is 0 Å². The van der Waals surface area contributed by atoms with E-state index in [1.165, 1.54) is 0 Å². The van der Waals surface area contributed by atoms with Crippen molar-refractivity contribution in [2.75, 3.05) is 14.2 Å². The molecule has 0 aliphatic heterocycles. The van der Waals surface area contributed by atoms with E-state index in [1.807, 2.05) is 19.2 Å². The van der Waals surface area contributed by atoms with Gasteiger partial charge in [0.05, 0.1) is 19.1 Å². The van der Waals surface area contributed by atoms with Crippen molar-refractivity contribution in [2.24, 2.45) is 7.05 Å². The molecule has 0 amide bonds. The number of imidazole rings is 1. The van der Waals surface area contributed by atoms with Crippen LogP contribution in [0.3, 0.4) is 0 Å². The first-order valence-electron chi connectivity index (χ1n) is 10.1. The molecule has 0 aliphatic carbocycles. The van der Waals surface area contributed by atoms with E-state index < -0.39 is 16.1 Å². The zero-order chi connectivity index (χ0) is 22.6. The van der Waals surface area contributed by atoms with Crippen molar-refractivity contribution >= 4 is 10.0 Å². The second kappa shape index (κ2) is 9.53. The zero-order valence-corrected chi connectivity index (χ0v) is 19.3. The standard InChI is InChI=1S/C23H29N3O4S/c1-6-16(2)17-7-9-21(10-8-17)31(27,28)25-22(23-24-11-12-26(23)3)18-13-19(29-4)15-20(14-18)30-5/h7-16,22,25H,6H2,1-5H3/t16-,22+/m0/s1. The Morgan fingerprint density at radius 1 is 1.03 bits per heavy atom. The topological polar surface area (TPSA) is 82.5 Å². The predicted octanol–water partition coefficient (Wildman–Crippen LogP) is 4.02. The first-order valence-corrected chi connectivity index (χ1v) is 11.6. The number of rotatable bonds is 9. The predicted molar refractivity (Wildman–Crippen MR) is 120 cm³/mol. The lowest BCUT2D eigenvalue weighted by atomic mass is 9.99. The molecule has 0 spiro atoms. The highest BCUT2D eigenvalue weighted by Crippen LogP contribution is 2.31. The van der Waals surface area contributed by atoms with Crippen molar-refractivity contribution in [3.63, 3.8) is 0 Å². The molecular weight excluding hydrogens is 414 g/mol. The van der Waals surface area contributed by atoms with Crippen LogP contribution in [0.15, 0.2) is 59.8 Å². The van der Waals surface area contributed by atoms with Gasteiger partial charge in [-0.15, -0.1) is 0 Å². The molecule has 2 aromatic carbocycles. The lowest BCUT2D eigenvalue weighted by molar-refractivity contribution is 0.392. The molecule has 31 heavy (non-hydrogen) atoms. The first kappa shape index (κ1) is 22.8. The van der Waals surface area contributed by atoms with Gasteiger partial charge in [0.2, 0.25) is 10.0 Å². The summed E-state index contributed by atoms with van der Waals surface area (Å²) in [5.41, 5.74) is 1.77. The Bertz CT molecular complexity index is 1100. The lowest BCUT2D eigenvalue weighted by Crippen LogP contribution is -2.31. The number of aryl methyl sites for hydroxylation is 1. The molecule has 1 aromatic heterocycles. The summed E-state index contributed by atoms with van der Waals surface area (Å²) < 4.78 is 41.9. The van der Waals surface area contributed by atoms with Crippen LogP contribution in [-0.4, -0.2) is 32.2 Å². The number of hydrogen-bond donors (Lipinski definition) is 1. The number of methoxy groups -OCH3 is 2. The van der Waals surface area contributed by atoms with E-state index in [9.17, 15) is 8.42 Å². The Kier molecular flexibility index (Phi) is 7.02. The number of ether oxygens (including phenoxy) is 2. The van der Waals surface area contributed by atoms with Gasteiger partial charge in [-0.2, -0.15) is 4.72 Å². The maximum absolute atomic E-state index is 13.3. The summed E-state index contributed by atoms with van der Waals surface area (Å²) in [6.07, 6.45) is 4.40. The van der Waals surface area contributed by atoms with Crippen molar-refractivity contribution in [1.82, 2.24) is 14.3 Å². The van der Waals surface area contributed by atoms with Crippen LogP contribution >= 0.6 is 0 Å². The van der Waals surface area contributed by atoms with Gasteiger partial charge in [0, 0.05) is 25.5 Å². The largest absolute Gasteiger partial charge is 0.497 e. The molecular formula is C23H29N3O4S. The monoisotopic (exact) mass is 443 g/mol. The van der Waals surface area contributed by atoms with Gasteiger partial charge < -0.3 is 14.0 Å². The number of sulfonamides is 1. The van der Waals surface area contributed by atoms with Crippen LogP contribution in [0, 0.1) is 0 Å². The van der Waals surface area contributed by atoms with Crippen LogP contribution in [-0.2, 0) is 17.1 Å². The Morgan fingerprint density at radius 2 is 1.65 bits per heavy atom.